The number of amides is 3. The second-order valence-electron chi connectivity index (χ2n) is 12.5. The van der Waals surface area contributed by atoms with Crippen LogP contribution in [0.1, 0.15) is 97.3 Å². The molecule has 0 saturated heterocycles. The lowest BCUT2D eigenvalue weighted by Crippen LogP contribution is -2.34. The van der Waals surface area contributed by atoms with Crippen molar-refractivity contribution in [3.05, 3.63) is 76.3 Å². The van der Waals surface area contributed by atoms with Gasteiger partial charge in [0.25, 0.3) is 5.91 Å². The summed E-state index contributed by atoms with van der Waals surface area (Å²) in [6.07, 6.45) is 3.13. The zero-order valence-corrected chi connectivity index (χ0v) is 28.1. The van der Waals surface area contributed by atoms with Crippen molar-refractivity contribution in [3.8, 4) is 17.6 Å². The molecule has 4 N–H and O–H groups in total. The lowest BCUT2D eigenvalue weighted by atomic mass is 9.76. The molecule has 0 saturated carbocycles. The van der Waals surface area contributed by atoms with E-state index in [0.717, 1.165) is 36.1 Å². The number of carbonyl (C=O) groups is 2. The summed E-state index contributed by atoms with van der Waals surface area (Å²) in [6, 6.07) is 16.3. The van der Waals surface area contributed by atoms with Crippen LogP contribution in [-0.4, -0.2) is 23.1 Å². The molecule has 0 aliphatic rings. The predicted molar refractivity (Wildman–Crippen MR) is 182 cm³/mol. The van der Waals surface area contributed by atoms with Gasteiger partial charge in [-0.15, -0.1) is 0 Å². The fourth-order valence-corrected chi connectivity index (χ4v) is 5.14. The molecule has 0 fully saturated rings. The van der Waals surface area contributed by atoms with Crippen molar-refractivity contribution in [2.45, 2.75) is 97.5 Å². The van der Waals surface area contributed by atoms with E-state index in [1.807, 2.05) is 19.1 Å². The van der Waals surface area contributed by atoms with Gasteiger partial charge >= 0.3 is 6.03 Å². The summed E-state index contributed by atoms with van der Waals surface area (Å²) in [5, 5.41) is 23.4. The van der Waals surface area contributed by atoms with E-state index in [9.17, 15) is 20.0 Å². The summed E-state index contributed by atoms with van der Waals surface area (Å²) in [7, 11) is 0. The van der Waals surface area contributed by atoms with Gasteiger partial charge in [0.2, 0.25) is 0 Å². The third-order valence-corrected chi connectivity index (χ3v) is 9.00. The average molecular weight is 633 g/mol. The molecule has 0 spiro atoms. The minimum absolute atomic E-state index is 0.0121. The monoisotopic (exact) mass is 632 g/mol. The molecule has 3 amide bonds. The quantitative estimate of drug-likeness (QED) is 0.173. The van der Waals surface area contributed by atoms with Crippen LogP contribution < -0.4 is 20.7 Å². The fourth-order valence-electron chi connectivity index (χ4n) is 4.93. The van der Waals surface area contributed by atoms with E-state index in [-0.39, 0.29) is 44.2 Å². The number of hydrogen-bond acceptors (Lipinski definition) is 5. The number of rotatable bonds is 13. The normalized spacial score (nSPS) is 12.2. The highest BCUT2D eigenvalue weighted by Crippen LogP contribution is 2.41. The average Bonchev–Trinajstić information content (AvgIpc) is 3.01. The van der Waals surface area contributed by atoms with Gasteiger partial charge in [0, 0.05) is 11.6 Å². The van der Waals surface area contributed by atoms with Gasteiger partial charge in [-0.1, -0.05) is 90.8 Å². The Morgan fingerprint density at radius 2 is 1.69 bits per heavy atom. The molecule has 45 heavy (non-hydrogen) atoms. The van der Waals surface area contributed by atoms with Crippen molar-refractivity contribution in [1.29, 1.82) is 5.26 Å². The molecule has 240 valence electrons. The fraction of sp³-hybridized carbons (Fsp3) is 0.417. The molecule has 0 heterocycles. The Balaban J connectivity index is 1.98. The van der Waals surface area contributed by atoms with Crippen LogP contribution in [0.4, 0.5) is 21.9 Å². The van der Waals surface area contributed by atoms with Crippen LogP contribution in [0.2, 0.25) is 5.02 Å². The van der Waals surface area contributed by atoms with Crippen LogP contribution >= 0.6 is 11.6 Å². The number of hydrogen-bond donors (Lipinski definition) is 3. The molecule has 3 aromatic carbocycles. The summed E-state index contributed by atoms with van der Waals surface area (Å²) in [6.45, 7) is 15.1. The smallest absolute Gasteiger partial charge is 0.324 e. The first-order chi connectivity index (χ1) is 21.2. The number of nitrogens with two attached hydrogens (primary N) is 1. The SMILES string of the molecule is CCCCC(Oc1ccc(C(C)(C)CC)cc1C(C)(C)CC)C(=O)Nc1cc(O)c(N(C(N)=O)c2ccccc2C#N)cc1Cl. The number of para-hydroxylation sites is 1. The Bertz CT molecular complexity index is 1580. The minimum Gasteiger partial charge on any atom is -0.506 e. The summed E-state index contributed by atoms with van der Waals surface area (Å²) in [4.78, 5) is 27.2. The molecule has 0 radical (unpaired) electrons. The van der Waals surface area contributed by atoms with Gasteiger partial charge in [-0.3, -0.25) is 9.69 Å². The topological polar surface area (TPSA) is 129 Å². The third kappa shape index (κ3) is 8.09. The largest absolute Gasteiger partial charge is 0.506 e. The van der Waals surface area contributed by atoms with E-state index in [1.54, 1.807) is 12.1 Å². The van der Waals surface area contributed by atoms with Gasteiger partial charge in [-0.25, -0.2) is 4.79 Å². The Morgan fingerprint density at radius 3 is 2.29 bits per heavy atom. The molecule has 0 bridgehead atoms. The van der Waals surface area contributed by atoms with Crippen molar-refractivity contribution < 1.29 is 19.4 Å². The lowest BCUT2D eigenvalue weighted by Gasteiger charge is -2.31. The maximum Gasteiger partial charge on any atom is 0.324 e. The number of urea groups is 1. The standard InChI is InChI=1S/C36H45ClN4O4/c1-8-11-16-32(45-31-18-17-24(35(4,5)9-2)19-25(31)36(6,7)10-3)33(43)40-27-21-30(42)29(20-26(27)37)41(34(39)44)28-15-13-12-14-23(28)22-38/h12-15,17-21,32,42H,8-11,16H2,1-7H3,(H2,39,44)(H,40,43). The number of nitriles is 1. The zero-order valence-electron chi connectivity index (χ0n) is 27.3. The highest BCUT2D eigenvalue weighted by molar-refractivity contribution is 6.34. The number of unbranched alkanes of at least 4 members (excludes halogenated alkanes) is 1. The molecule has 3 rings (SSSR count). The number of aromatic hydroxyl groups is 1. The summed E-state index contributed by atoms with van der Waals surface area (Å²) in [5.41, 5.74) is 8.17. The number of phenolic OH excluding ortho intramolecular Hbond substituents is 1. The Hall–Kier alpha value is -4.22. The summed E-state index contributed by atoms with van der Waals surface area (Å²) in [5.74, 6) is -0.128. The van der Waals surface area contributed by atoms with Crippen LogP contribution in [0.5, 0.6) is 11.5 Å². The Labute approximate surface area is 272 Å². The van der Waals surface area contributed by atoms with Crippen LogP contribution in [0.15, 0.2) is 54.6 Å². The number of carbonyl (C=O) groups excluding carboxylic acids is 2. The summed E-state index contributed by atoms with van der Waals surface area (Å²) >= 11 is 6.59. The molecule has 0 aliphatic carbocycles. The number of anilines is 3. The maximum atomic E-state index is 13.7. The van der Waals surface area contributed by atoms with Crippen LogP contribution in [-0.2, 0) is 15.6 Å². The molecule has 8 nitrogen and oxygen atoms in total. The summed E-state index contributed by atoms with van der Waals surface area (Å²) < 4.78 is 6.50. The first-order valence-corrected chi connectivity index (χ1v) is 15.8. The Kier molecular flexibility index (Phi) is 11.5. The molecule has 0 aliphatic heterocycles. The first kappa shape index (κ1) is 35.3. The molecule has 9 heteroatoms. The van der Waals surface area contributed by atoms with E-state index in [4.69, 9.17) is 22.1 Å². The number of ether oxygens (including phenoxy) is 1. The number of halogens is 1. The van der Waals surface area contributed by atoms with Crippen molar-refractivity contribution >= 4 is 40.6 Å². The number of nitrogens with one attached hydrogen (secondary N) is 1. The van der Waals surface area contributed by atoms with Crippen LogP contribution in [0, 0.1) is 11.3 Å². The molecule has 1 unspecified atom stereocenters. The highest BCUT2D eigenvalue weighted by atomic mass is 35.5. The number of benzene rings is 3. The second kappa shape index (κ2) is 14.7. The van der Waals surface area contributed by atoms with E-state index >= 15 is 0 Å². The molecular formula is C36H45ClN4O4. The van der Waals surface area contributed by atoms with E-state index in [2.05, 4.69) is 59.0 Å². The molecule has 3 aromatic rings. The van der Waals surface area contributed by atoms with Crippen LogP contribution in [0.25, 0.3) is 0 Å². The highest BCUT2D eigenvalue weighted by Gasteiger charge is 2.30. The minimum atomic E-state index is -0.923. The second-order valence-corrected chi connectivity index (χ2v) is 13.0. The van der Waals surface area contributed by atoms with Gasteiger partial charge in [0.1, 0.15) is 17.6 Å². The number of phenols is 1. The van der Waals surface area contributed by atoms with E-state index in [1.165, 1.54) is 29.8 Å². The van der Waals surface area contributed by atoms with E-state index in [0.29, 0.717) is 12.2 Å². The van der Waals surface area contributed by atoms with Crippen molar-refractivity contribution in [3.63, 3.8) is 0 Å². The third-order valence-electron chi connectivity index (χ3n) is 8.69. The van der Waals surface area contributed by atoms with Crippen molar-refractivity contribution in [1.82, 2.24) is 0 Å². The van der Waals surface area contributed by atoms with Gasteiger partial charge in [0.05, 0.1) is 27.6 Å². The van der Waals surface area contributed by atoms with Crippen molar-refractivity contribution in [2.24, 2.45) is 5.73 Å². The van der Waals surface area contributed by atoms with Gasteiger partial charge < -0.3 is 20.9 Å². The zero-order chi connectivity index (χ0) is 33.5. The number of nitrogens with zero attached hydrogens (tertiary/aromatic N) is 2. The maximum absolute atomic E-state index is 13.7. The van der Waals surface area contributed by atoms with Gasteiger partial charge in [0.15, 0.2) is 6.10 Å². The van der Waals surface area contributed by atoms with Gasteiger partial charge in [-0.05, 0) is 66.3 Å². The molecule has 1 atom stereocenters. The molecular weight excluding hydrogens is 588 g/mol. The Morgan fingerprint density at radius 1 is 1.02 bits per heavy atom. The van der Waals surface area contributed by atoms with Crippen molar-refractivity contribution in [2.75, 3.05) is 10.2 Å². The van der Waals surface area contributed by atoms with E-state index < -0.39 is 18.0 Å². The molecule has 0 aromatic heterocycles. The first-order valence-electron chi connectivity index (χ1n) is 15.4. The lowest BCUT2D eigenvalue weighted by molar-refractivity contribution is -0.123. The van der Waals surface area contributed by atoms with Crippen LogP contribution in [0.3, 0.4) is 0 Å². The number of primary amides is 1. The predicted octanol–water partition coefficient (Wildman–Crippen LogP) is 9.09. The van der Waals surface area contributed by atoms with Gasteiger partial charge in [-0.2, -0.15) is 5.26 Å².